The van der Waals surface area contributed by atoms with Crippen LogP contribution in [0.3, 0.4) is 0 Å². The quantitative estimate of drug-likeness (QED) is 0.397. The van der Waals surface area contributed by atoms with Gasteiger partial charge in [0.15, 0.2) is 0 Å². The molecule has 0 N–H and O–H groups in total. The molecular weight excluding hydrogens is 378 g/mol. The molecule has 0 spiro atoms. The molecule has 0 atom stereocenters. The number of anilines is 1. The van der Waals surface area contributed by atoms with Crippen molar-refractivity contribution in [1.82, 2.24) is 5.01 Å². The third kappa shape index (κ3) is 3.75. The lowest BCUT2D eigenvalue weighted by Gasteiger charge is -2.27. The molecule has 0 aliphatic carbocycles. The van der Waals surface area contributed by atoms with E-state index in [0.717, 1.165) is 10.0 Å². The fourth-order valence-corrected chi connectivity index (χ4v) is 2.97. The summed E-state index contributed by atoms with van der Waals surface area (Å²) in [5.41, 5.74) is 0.726. The first kappa shape index (κ1) is 17.5. The molecule has 2 rings (SSSR count). The van der Waals surface area contributed by atoms with Gasteiger partial charge in [-0.25, -0.2) is 5.01 Å². The van der Waals surface area contributed by atoms with Gasteiger partial charge in [-0.15, -0.1) is 0 Å². The van der Waals surface area contributed by atoms with Crippen LogP contribution in [0.1, 0.15) is 5.56 Å². The van der Waals surface area contributed by atoms with Crippen LogP contribution in [0.5, 0.6) is 0 Å². The Morgan fingerprint density at radius 3 is 1.70 bits per heavy atom. The van der Waals surface area contributed by atoms with Crippen LogP contribution in [0, 0.1) is 22.9 Å². The maximum atomic E-state index is 9.45. The minimum Gasteiger partial charge on any atom is -0.202 e. The van der Waals surface area contributed by atoms with Crippen LogP contribution in [0.4, 0.5) is 5.69 Å². The van der Waals surface area contributed by atoms with E-state index in [1.165, 1.54) is 0 Å². The normalized spacial score (nSPS) is 9.83. The Bertz CT molecular complexity index is 770. The molecule has 0 unspecified atom stereocenters. The molecule has 116 valence electrons. The number of para-hydroxylation sites is 1. The van der Waals surface area contributed by atoms with E-state index in [1.54, 1.807) is 36.4 Å². The van der Waals surface area contributed by atoms with Gasteiger partial charge in [0.1, 0.15) is 5.69 Å². The van der Waals surface area contributed by atoms with Crippen LogP contribution in [0.15, 0.2) is 36.4 Å². The van der Waals surface area contributed by atoms with Gasteiger partial charge in [0.25, 0.3) is 0 Å². The molecule has 0 saturated carbocycles. The summed E-state index contributed by atoms with van der Waals surface area (Å²) in [5, 5.41) is 22.2. The number of halogens is 4. The second kappa shape index (κ2) is 7.64. The summed E-state index contributed by atoms with van der Waals surface area (Å²) in [5.74, 6) is 0. The first-order valence-corrected chi connectivity index (χ1v) is 7.74. The van der Waals surface area contributed by atoms with Gasteiger partial charge in [0.2, 0.25) is 12.4 Å². The van der Waals surface area contributed by atoms with Gasteiger partial charge in [-0.1, -0.05) is 58.5 Å². The Labute approximate surface area is 153 Å². The van der Waals surface area contributed by atoms with E-state index < -0.39 is 0 Å². The average Bonchev–Trinajstić information content (AvgIpc) is 2.52. The smallest absolute Gasteiger partial charge is 0.202 e. The Kier molecular flexibility index (Phi) is 5.82. The van der Waals surface area contributed by atoms with Crippen LogP contribution in [-0.4, -0.2) is 5.01 Å². The van der Waals surface area contributed by atoms with Gasteiger partial charge in [-0.3, -0.25) is 0 Å². The highest BCUT2D eigenvalue weighted by molar-refractivity contribution is 6.39. The number of rotatable bonds is 4. The predicted molar refractivity (Wildman–Crippen MR) is 92.2 cm³/mol. The molecule has 0 fully saturated rings. The number of nitrogens with zero attached hydrogens (tertiary/aromatic N) is 4. The lowest BCUT2D eigenvalue weighted by atomic mass is 10.2. The summed E-state index contributed by atoms with van der Waals surface area (Å²) in [7, 11) is 0. The number of nitriles is 2. The van der Waals surface area contributed by atoms with Crippen molar-refractivity contribution < 1.29 is 0 Å². The van der Waals surface area contributed by atoms with E-state index in [4.69, 9.17) is 46.4 Å². The molecule has 23 heavy (non-hydrogen) atoms. The Morgan fingerprint density at radius 2 is 1.26 bits per heavy atom. The molecule has 0 saturated heterocycles. The van der Waals surface area contributed by atoms with Crippen LogP contribution in [0.25, 0.3) is 0 Å². The standard InChI is InChI=1S/C15H8Cl4N4/c16-11-3-1-4-12(17)10(11)7-22(8-20)23(9-21)15-13(18)5-2-6-14(15)19/h1-6H,7H2. The predicted octanol–water partition coefficient (Wildman–Crippen LogP) is 5.49. The minimum atomic E-state index is -0.00980. The highest BCUT2D eigenvalue weighted by Gasteiger charge is 2.22. The van der Waals surface area contributed by atoms with Crippen molar-refractivity contribution in [1.29, 1.82) is 10.5 Å². The molecule has 0 bridgehead atoms. The van der Waals surface area contributed by atoms with E-state index in [1.807, 2.05) is 12.4 Å². The second-order valence-electron chi connectivity index (χ2n) is 4.34. The maximum Gasteiger partial charge on any atom is 0.206 e. The molecule has 4 nitrogen and oxygen atoms in total. The average molecular weight is 386 g/mol. The second-order valence-corrected chi connectivity index (χ2v) is 5.97. The number of hydrogen-bond donors (Lipinski definition) is 0. The zero-order chi connectivity index (χ0) is 17.0. The van der Waals surface area contributed by atoms with Crippen molar-refractivity contribution in [2.45, 2.75) is 6.54 Å². The van der Waals surface area contributed by atoms with E-state index in [0.29, 0.717) is 15.6 Å². The molecule has 0 amide bonds. The summed E-state index contributed by atoms with van der Waals surface area (Å²) in [6, 6.07) is 9.79. The van der Waals surface area contributed by atoms with Gasteiger partial charge in [-0.2, -0.15) is 15.5 Å². The van der Waals surface area contributed by atoms with Gasteiger partial charge < -0.3 is 0 Å². The van der Waals surface area contributed by atoms with Crippen LogP contribution >= 0.6 is 46.4 Å². The molecule has 0 heterocycles. The third-order valence-corrected chi connectivity index (χ3v) is 4.29. The maximum absolute atomic E-state index is 9.45. The van der Waals surface area contributed by atoms with Crippen molar-refractivity contribution in [2.75, 3.05) is 5.01 Å². The van der Waals surface area contributed by atoms with Gasteiger partial charge >= 0.3 is 0 Å². The molecule has 2 aromatic carbocycles. The summed E-state index contributed by atoms with van der Waals surface area (Å²) in [6.45, 7) is -0.00980. The van der Waals surface area contributed by atoms with E-state index in [-0.39, 0.29) is 22.3 Å². The van der Waals surface area contributed by atoms with Crippen molar-refractivity contribution in [2.24, 2.45) is 0 Å². The van der Waals surface area contributed by atoms with E-state index >= 15 is 0 Å². The van der Waals surface area contributed by atoms with Crippen molar-refractivity contribution in [3.63, 3.8) is 0 Å². The van der Waals surface area contributed by atoms with Gasteiger partial charge in [-0.05, 0) is 24.3 Å². The third-order valence-electron chi connectivity index (χ3n) is 2.97. The Balaban J connectivity index is 2.44. The minimum absolute atomic E-state index is 0.00980. The Morgan fingerprint density at radius 1 is 0.783 bits per heavy atom. The van der Waals surface area contributed by atoms with Gasteiger partial charge in [0.05, 0.1) is 16.6 Å². The van der Waals surface area contributed by atoms with E-state index in [2.05, 4.69) is 0 Å². The molecule has 0 radical (unpaired) electrons. The summed E-state index contributed by atoms with van der Waals surface area (Å²) >= 11 is 24.4. The lowest BCUT2D eigenvalue weighted by molar-refractivity contribution is 0.394. The fraction of sp³-hybridized carbons (Fsp3) is 0.0667. The number of hydrazine groups is 1. The first-order chi connectivity index (χ1) is 11.0. The fourth-order valence-electron chi connectivity index (χ4n) is 1.90. The van der Waals surface area contributed by atoms with Gasteiger partial charge in [0, 0.05) is 15.6 Å². The first-order valence-electron chi connectivity index (χ1n) is 6.23. The molecule has 0 aliphatic heterocycles. The highest BCUT2D eigenvalue weighted by atomic mass is 35.5. The summed E-state index contributed by atoms with van der Waals surface area (Å²) in [4.78, 5) is 0. The SMILES string of the molecule is N#CN(Cc1c(Cl)cccc1Cl)N(C#N)c1c(Cl)cccc1Cl. The monoisotopic (exact) mass is 384 g/mol. The van der Waals surface area contributed by atoms with Crippen molar-refractivity contribution >= 4 is 52.1 Å². The lowest BCUT2D eigenvalue weighted by Crippen LogP contribution is -2.35. The van der Waals surface area contributed by atoms with Crippen molar-refractivity contribution in [3.8, 4) is 12.4 Å². The topological polar surface area (TPSA) is 54.1 Å². The largest absolute Gasteiger partial charge is 0.206 e. The number of hydrogen-bond acceptors (Lipinski definition) is 4. The zero-order valence-corrected chi connectivity index (χ0v) is 14.5. The molecule has 0 aromatic heterocycles. The molecule has 8 heteroatoms. The van der Waals surface area contributed by atoms with Crippen molar-refractivity contribution in [3.05, 3.63) is 62.1 Å². The zero-order valence-electron chi connectivity index (χ0n) is 11.5. The molecule has 0 aliphatic rings. The highest BCUT2D eigenvalue weighted by Crippen LogP contribution is 2.35. The summed E-state index contributed by atoms with van der Waals surface area (Å²) in [6.07, 6.45) is 3.80. The van der Waals surface area contributed by atoms with Crippen LogP contribution in [0.2, 0.25) is 20.1 Å². The number of benzene rings is 2. The van der Waals surface area contributed by atoms with Crippen LogP contribution < -0.4 is 5.01 Å². The van der Waals surface area contributed by atoms with E-state index in [9.17, 15) is 10.5 Å². The summed E-state index contributed by atoms with van der Waals surface area (Å²) < 4.78 is 0. The molecular formula is C15H8Cl4N4. The van der Waals surface area contributed by atoms with Crippen LogP contribution in [-0.2, 0) is 6.54 Å². The Hall–Kier alpha value is -1.82. The molecule has 2 aromatic rings.